The normalized spacial score (nSPS) is 15.3. The summed E-state index contributed by atoms with van der Waals surface area (Å²) in [7, 11) is 0. The van der Waals surface area contributed by atoms with Gasteiger partial charge in [-0.1, -0.05) is 13.8 Å². The van der Waals surface area contributed by atoms with Gasteiger partial charge in [0, 0.05) is 25.3 Å². The monoisotopic (exact) mass is 262 g/mol. The zero-order valence-electron chi connectivity index (χ0n) is 12.0. The number of anilines is 1. The van der Waals surface area contributed by atoms with Crippen molar-refractivity contribution in [2.75, 3.05) is 18.0 Å². The van der Waals surface area contributed by atoms with Crippen LogP contribution in [0.5, 0.6) is 0 Å². The van der Waals surface area contributed by atoms with Crippen LogP contribution >= 0.6 is 0 Å². The molecule has 2 rings (SSSR count). The van der Waals surface area contributed by atoms with Gasteiger partial charge in [-0.05, 0) is 31.7 Å². The van der Waals surface area contributed by atoms with Crippen molar-refractivity contribution in [2.45, 2.75) is 40.2 Å². The Morgan fingerprint density at radius 3 is 2.47 bits per heavy atom. The number of aldehydes is 1. The van der Waals surface area contributed by atoms with E-state index < -0.39 is 0 Å². The Hall–Kier alpha value is -1.58. The number of rotatable bonds is 4. The van der Waals surface area contributed by atoms with Crippen LogP contribution in [-0.4, -0.2) is 23.9 Å². The van der Waals surface area contributed by atoms with Gasteiger partial charge in [-0.3, -0.25) is 9.59 Å². The average Bonchev–Trinajstić information content (AvgIpc) is 2.87. The van der Waals surface area contributed by atoms with Crippen molar-refractivity contribution >= 4 is 12.0 Å². The van der Waals surface area contributed by atoms with E-state index in [2.05, 4.69) is 18.7 Å². The number of aromatic nitrogens is 1. The van der Waals surface area contributed by atoms with Crippen LogP contribution in [0.15, 0.2) is 10.9 Å². The number of carbonyl (C=O) groups is 1. The Bertz CT molecular complexity index is 526. The number of nitrogens with zero attached hydrogens (tertiary/aromatic N) is 2. The summed E-state index contributed by atoms with van der Waals surface area (Å²) in [6.07, 6.45) is 2.98. The van der Waals surface area contributed by atoms with Crippen molar-refractivity contribution in [3.63, 3.8) is 0 Å². The molecule has 0 saturated carbocycles. The summed E-state index contributed by atoms with van der Waals surface area (Å²) >= 11 is 0. The maximum Gasteiger partial charge on any atom is 0.263 e. The summed E-state index contributed by atoms with van der Waals surface area (Å²) in [5.74, 6) is 0.383. The molecule has 0 atom stereocenters. The molecule has 104 valence electrons. The molecule has 1 saturated heterocycles. The van der Waals surface area contributed by atoms with Crippen LogP contribution < -0.4 is 10.5 Å². The van der Waals surface area contributed by atoms with Crippen molar-refractivity contribution < 1.29 is 4.79 Å². The quantitative estimate of drug-likeness (QED) is 0.781. The Labute approximate surface area is 114 Å². The summed E-state index contributed by atoms with van der Waals surface area (Å²) in [5.41, 5.74) is 1.92. The minimum Gasteiger partial charge on any atom is -0.371 e. The number of hydrogen-bond donors (Lipinski definition) is 0. The van der Waals surface area contributed by atoms with Gasteiger partial charge < -0.3 is 9.47 Å². The molecule has 0 radical (unpaired) electrons. The Kier molecular flexibility index (Phi) is 4.08. The Morgan fingerprint density at radius 1 is 1.32 bits per heavy atom. The molecule has 0 N–H and O–H groups in total. The van der Waals surface area contributed by atoms with Crippen molar-refractivity contribution in [3.05, 3.63) is 27.7 Å². The Balaban J connectivity index is 2.52. The SMILES string of the molecule is Cc1cc(N2CCCC2)c(C=O)c(=O)n1CC(C)C. The molecular formula is C15H22N2O2. The van der Waals surface area contributed by atoms with E-state index in [1.165, 1.54) is 0 Å². The predicted octanol–water partition coefficient (Wildman–Crippen LogP) is 2.23. The summed E-state index contributed by atoms with van der Waals surface area (Å²) in [5, 5.41) is 0. The first-order chi connectivity index (χ1) is 9.04. The van der Waals surface area contributed by atoms with E-state index in [0.717, 1.165) is 37.3 Å². The molecule has 19 heavy (non-hydrogen) atoms. The molecule has 2 heterocycles. The molecule has 0 amide bonds. The third-order valence-electron chi connectivity index (χ3n) is 3.64. The molecule has 1 fully saturated rings. The summed E-state index contributed by atoms with van der Waals surface area (Å²) in [6.45, 7) is 8.62. The maximum atomic E-state index is 12.4. The zero-order chi connectivity index (χ0) is 14.0. The van der Waals surface area contributed by atoms with E-state index in [4.69, 9.17) is 0 Å². The van der Waals surface area contributed by atoms with Crippen LogP contribution in [-0.2, 0) is 6.54 Å². The molecule has 0 unspecified atom stereocenters. The van der Waals surface area contributed by atoms with Crippen LogP contribution in [0.1, 0.15) is 42.7 Å². The van der Waals surface area contributed by atoms with Gasteiger partial charge in [-0.2, -0.15) is 0 Å². The van der Waals surface area contributed by atoms with Crippen molar-refractivity contribution in [3.8, 4) is 0 Å². The third kappa shape index (κ3) is 2.72. The van der Waals surface area contributed by atoms with Gasteiger partial charge in [0.25, 0.3) is 5.56 Å². The molecule has 0 aromatic carbocycles. The first-order valence-electron chi connectivity index (χ1n) is 6.99. The standard InChI is InChI=1S/C15H22N2O2/c1-11(2)9-17-12(3)8-14(13(10-18)15(17)19)16-6-4-5-7-16/h8,10-11H,4-7,9H2,1-3H3. The second kappa shape index (κ2) is 5.59. The minimum atomic E-state index is -0.148. The van der Waals surface area contributed by atoms with Crippen LogP contribution in [0, 0.1) is 12.8 Å². The summed E-state index contributed by atoms with van der Waals surface area (Å²) in [4.78, 5) is 25.9. The van der Waals surface area contributed by atoms with Gasteiger partial charge >= 0.3 is 0 Å². The number of pyridine rings is 1. The summed E-state index contributed by atoms with van der Waals surface area (Å²) < 4.78 is 1.72. The lowest BCUT2D eigenvalue weighted by atomic mass is 10.1. The van der Waals surface area contributed by atoms with Crippen LogP contribution in [0.2, 0.25) is 0 Å². The topological polar surface area (TPSA) is 42.3 Å². The van der Waals surface area contributed by atoms with Crippen molar-refractivity contribution in [1.29, 1.82) is 0 Å². The fraction of sp³-hybridized carbons (Fsp3) is 0.600. The smallest absolute Gasteiger partial charge is 0.263 e. The van der Waals surface area contributed by atoms with E-state index in [-0.39, 0.29) is 5.56 Å². The van der Waals surface area contributed by atoms with Gasteiger partial charge in [-0.25, -0.2) is 0 Å². The molecule has 0 aliphatic carbocycles. The fourth-order valence-electron chi connectivity index (χ4n) is 2.69. The first kappa shape index (κ1) is 13.8. The van der Waals surface area contributed by atoms with E-state index >= 15 is 0 Å². The predicted molar refractivity (Wildman–Crippen MR) is 77.1 cm³/mol. The van der Waals surface area contributed by atoms with E-state index in [1.54, 1.807) is 4.57 Å². The number of aryl methyl sites for hydroxylation is 1. The Morgan fingerprint density at radius 2 is 1.95 bits per heavy atom. The van der Waals surface area contributed by atoms with Gasteiger partial charge in [0.05, 0.1) is 5.69 Å². The van der Waals surface area contributed by atoms with Crippen LogP contribution in [0.4, 0.5) is 5.69 Å². The van der Waals surface area contributed by atoms with Crippen molar-refractivity contribution in [2.24, 2.45) is 5.92 Å². The van der Waals surface area contributed by atoms with Gasteiger partial charge in [0.1, 0.15) is 5.56 Å². The molecular weight excluding hydrogens is 240 g/mol. The third-order valence-corrected chi connectivity index (χ3v) is 3.64. The van der Waals surface area contributed by atoms with Gasteiger partial charge in [0.2, 0.25) is 0 Å². The molecule has 1 aromatic rings. The summed E-state index contributed by atoms with van der Waals surface area (Å²) in [6, 6.07) is 1.98. The largest absolute Gasteiger partial charge is 0.371 e. The lowest BCUT2D eigenvalue weighted by Gasteiger charge is -2.22. The molecule has 4 heteroatoms. The molecule has 1 aromatic heterocycles. The highest BCUT2D eigenvalue weighted by molar-refractivity contribution is 5.84. The molecule has 4 nitrogen and oxygen atoms in total. The van der Waals surface area contributed by atoms with E-state index in [9.17, 15) is 9.59 Å². The fourth-order valence-corrected chi connectivity index (χ4v) is 2.69. The molecule has 1 aliphatic heterocycles. The second-order valence-electron chi connectivity index (χ2n) is 5.71. The highest BCUT2D eigenvalue weighted by atomic mass is 16.1. The molecule has 0 spiro atoms. The van der Waals surface area contributed by atoms with E-state index in [0.29, 0.717) is 24.3 Å². The lowest BCUT2D eigenvalue weighted by Crippen LogP contribution is -2.31. The highest BCUT2D eigenvalue weighted by Gasteiger charge is 2.20. The zero-order valence-corrected chi connectivity index (χ0v) is 12.0. The minimum absolute atomic E-state index is 0.148. The van der Waals surface area contributed by atoms with Crippen LogP contribution in [0.3, 0.4) is 0 Å². The number of hydrogen-bond acceptors (Lipinski definition) is 3. The van der Waals surface area contributed by atoms with Gasteiger partial charge in [0.15, 0.2) is 6.29 Å². The average molecular weight is 262 g/mol. The van der Waals surface area contributed by atoms with E-state index in [1.807, 2.05) is 13.0 Å². The highest BCUT2D eigenvalue weighted by Crippen LogP contribution is 2.23. The van der Waals surface area contributed by atoms with Crippen molar-refractivity contribution in [1.82, 2.24) is 4.57 Å². The lowest BCUT2D eigenvalue weighted by molar-refractivity contribution is 0.112. The van der Waals surface area contributed by atoms with Crippen LogP contribution in [0.25, 0.3) is 0 Å². The first-order valence-corrected chi connectivity index (χ1v) is 6.99. The van der Waals surface area contributed by atoms with Gasteiger partial charge in [-0.15, -0.1) is 0 Å². The second-order valence-corrected chi connectivity index (χ2v) is 5.71. The number of carbonyl (C=O) groups excluding carboxylic acids is 1. The maximum absolute atomic E-state index is 12.4. The molecule has 1 aliphatic rings. The molecule has 0 bridgehead atoms.